The molecule has 2 aromatic heterocycles. The first-order valence-corrected chi connectivity index (χ1v) is 12.7. The summed E-state index contributed by atoms with van der Waals surface area (Å²) in [4.78, 5) is 22.2. The molecule has 1 atom stereocenters. The minimum Gasteiger partial charge on any atom is -0.550 e. The number of para-hydroxylation sites is 2. The van der Waals surface area contributed by atoms with E-state index in [1.807, 2.05) is 66.2 Å². The van der Waals surface area contributed by atoms with E-state index in [0.29, 0.717) is 11.7 Å². The Bertz CT molecular complexity index is 1190. The normalized spacial score (nSPS) is 11.9. The number of carbonyl (C=O) groups is 1. The third-order valence-electron chi connectivity index (χ3n) is 5.37. The second-order valence-electron chi connectivity index (χ2n) is 7.65. The van der Waals surface area contributed by atoms with Gasteiger partial charge >= 0.3 is 29.6 Å². The van der Waals surface area contributed by atoms with Crippen LogP contribution < -0.4 is 34.7 Å². The number of fused-ring (bicyclic) bond motifs is 2. The monoisotopic (exact) mass is 484 g/mol. The molecule has 7 heteroatoms. The number of aromatic nitrogens is 2. The van der Waals surface area contributed by atoms with Crippen LogP contribution >= 0.6 is 23.5 Å². The second-order valence-corrected chi connectivity index (χ2v) is 10.1. The summed E-state index contributed by atoms with van der Waals surface area (Å²) in [6.07, 6.45) is 7.44. The average molecular weight is 485 g/mol. The van der Waals surface area contributed by atoms with Crippen LogP contribution in [0.5, 0.6) is 0 Å². The molecule has 4 nitrogen and oxygen atoms in total. The van der Waals surface area contributed by atoms with Crippen molar-refractivity contribution in [2.45, 2.75) is 47.1 Å². The number of hydrogen-bond acceptors (Lipinski definition) is 6. The van der Waals surface area contributed by atoms with Crippen molar-refractivity contribution in [2.24, 2.45) is 0 Å². The van der Waals surface area contributed by atoms with Gasteiger partial charge in [-0.15, -0.1) is 23.5 Å². The topological polar surface area (TPSA) is 65.9 Å². The van der Waals surface area contributed by atoms with Gasteiger partial charge in [0.1, 0.15) is 0 Å². The van der Waals surface area contributed by atoms with E-state index in [0.717, 1.165) is 36.0 Å². The third kappa shape index (κ3) is 7.46. The molecule has 0 bridgehead atoms. The van der Waals surface area contributed by atoms with E-state index in [1.54, 1.807) is 0 Å². The van der Waals surface area contributed by atoms with Gasteiger partial charge in [-0.25, -0.2) is 0 Å². The van der Waals surface area contributed by atoms with E-state index >= 15 is 0 Å². The molecule has 0 spiro atoms. The summed E-state index contributed by atoms with van der Waals surface area (Å²) in [6, 6.07) is 20.6. The molecule has 0 aliphatic carbocycles. The average Bonchev–Trinajstić information content (AvgIpc) is 2.82. The van der Waals surface area contributed by atoms with Gasteiger partial charge in [-0.1, -0.05) is 42.8 Å². The molecule has 2 heterocycles. The smallest absolute Gasteiger partial charge is 0.550 e. The zero-order chi connectivity index (χ0) is 22.2. The van der Waals surface area contributed by atoms with Crippen LogP contribution in [0, 0.1) is 0 Å². The molecular weight excluding hydrogens is 459 g/mol. The van der Waals surface area contributed by atoms with Crippen molar-refractivity contribution in [3.05, 3.63) is 73.1 Å². The van der Waals surface area contributed by atoms with E-state index < -0.39 is 5.97 Å². The number of thioether (sulfide) groups is 2. The van der Waals surface area contributed by atoms with Crippen LogP contribution in [0.3, 0.4) is 0 Å². The molecule has 4 aromatic rings. The van der Waals surface area contributed by atoms with Crippen LogP contribution in [-0.4, -0.2) is 26.9 Å². The van der Waals surface area contributed by atoms with E-state index in [2.05, 4.69) is 40.3 Å². The third-order valence-corrected chi connectivity index (χ3v) is 7.89. The fraction of sp³-hybridized carbons (Fsp3) is 0.269. The van der Waals surface area contributed by atoms with Crippen LogP contribution in [-0.2, 0) is 4.79 Å². The van der Waals surface area contributed by atoms with Crippen LogP contribution in [0.25, 0.3) is 21.8 Å². The number of carboxylic acids is 1. The molecule has 0 aliphatic rings. The van der Waals surface area contributed by atoms with E-state index in [9.17, 15) is 9.90 Å². The number of pyridine rings is 2. The molecule has 0 saturated carbocycles. The second kappa shape index (κ2) is 13.4. The van der Waals surface area contributed by atoms with Gasteiger partial charge in [-0.2, -0.15) is 0 Å². The standard InChI is InChI=1S/C26H26N2O2S2.Na/c29-26(30)12-6-1-7-19(32-25-14-17-28-23-11-5-3-9-21(23)25)15-18-31-24-13-16-27-22-10-4-2-8-20(22)24;/h2-5,8-11,13-14,16-17,19H,1,6-7,12,15,18H2,(H,29,30);/q;+1/p-1. The van der Waals surface area contributed by atoms with Gasteiger partial charge in [-0.3, -0.25) is 9.97 Å². The molecule has 0 N–H and O–H groups in total. The van der Waals surface area contributed by atoms with Crippen LogP contribution in [0.4, 0.5) is 0 Å². The Hall–Kier alpha value is -1.57. The predicted octanol–water partition coefficient (Wildman–Crippen LogP) is 2.74. The fourth-order valence-electron chi connectivity index (χ4n) is 3.75. The molecule has 4 rings (SSSR count). The minimum atomic E-state index is -0.963. The number of hydrogen-bond donors (Lipinski definition) is 0. The maximum Gasteiger partial charge on any atom is 1.00 e. The minimum absolute atomic E-state index is 0. The zero-order valence-corrected chi connectivity index (χ0v) is 22.4. The van der Waals surface area contributed by atoms with E-state index in [1.165, 1.54) is 20.6 Å². The number of unbranched alkanes of at least 4 members (excludes halogenated alkanes) is 1. The Balaban J connectivity index is 0.00000306. The maximum absolute atomic E-state index is 10.8. The number of rotatable bonds is 11. The summed E-state index contributed by atoms with van der Waals surface area (Å²) in [5, 5.41) is 13.6. The number of nitrogens with zero attached hydrogens (tertiary/aromatic N) is 2. The van der Waals surface area contributed by atoms with Crippen LogP contribution in [0.1, 0.15) is 32.1 Å². The zero-order valence-electron chi connectivity index (χ0n) is 18.8. The van der Waals surface area contributed by atoms with Crippen molar-refractivity contribution < 1.29 is 39.5 Å². The first kappa shape index (κ1) is 26.0. The molecule has 0 radical (unpaired) electrons. The summed E-state index contributed by atoms with van der Waals surface area (Å²) in [5.74, 6) is 0.0317. The predicted molar refractivity (Wildman–Crippen MR) is 132 cm³/mol. The summed E-state index contributed by atoms with van der Waals surface area (Å²) < 4.78 is 0. The van der Waals surface area contributed by atoms with Gasteiger partial charge in [0.05, 0.1) is 11.0 Å². The van der Waals surface area contributed by atoms with Crippen molar-refractivity contribution in [3.63, 3.8) is 0 Å². The Labute approximate surface area is 225 Å². The van der Waals surface area contributed by atoms with E-state index in [4.69, 9.17) is 0 Å². The first-order chi connectivity index (χ1) is 15.7. The number of carbonyl (C=O) groups excluding carboxylic acids is 1. The van der Waals surface area contributed by atoms with E-state index in [-0.39, 0.29) is 36.0 Å². The number of benzene rings is 2. The molecule has 164 valence electrons. The summed E-state index contributed by atoms with van der Waals surface area (Å²) in [6.45, 7) is 0. The number of carboxylic acid groups (broad SMARTS) is 1. The summed E-state index contributed by atoms with van der Waals surface area (Å²) in [7, 11) is 0. The number of aliphatic carboxylic acids is 1. The summed E-state index contributed by atoms with van der Waals surface area (Å²) >= 11 is 3.75. The van der Waals surface area contributed by atoms with Crippen molar-refractivity contribution in [3.8, 4) is 0 Å². The SMILES string of the molecule is O=C([O-])CCCCC(CCSc1ccnc2ccccc12)Sc1ccnc2ccccc12.[Na+]. The van der Waals surface area contributed by atoms with Crippen LogP contribution in [0.15, 0.2) is 82.8 Å². The fourth-order valence-corrected chi connectivity index (χ4v) is 6.33. The van der Waals surface area contributed by atoms with Gasteiger partial charge < -0.3 is 9.90 Å². The van der Waals surface area contributed by atoms with Gasteiger partial charge in [0, 0.05) is 44.2 Å². The Morgan fingerprint density at radius 3 is 2.09 bits per heavy atom. The molecule has 0 fully saturated rings. The largest absolute Gasteiger partial charge is 1.00 e. The van der Waals surface area contributed by atoms with Crippen molar-refractivity contribution in [1.29, 1.82) is 0 Å². The first-order valence-electron chi connectivity index (χ1n) is 10.9. The summed E-state index contributed by atoms with van der Waals surface area (Å²) in [5.41, 5.74) is 2.03. The molecule has 0 amide bonds. The molecule has 33 heavy (non-hydrogen) atoms. The van der Waals surface area contributed by atoms with Gasteiger partial charge in [0.15, 0.2) is 0 Å². The Morgan fingerprint density at radius 1 is 0.818 bits per heavy atom. The van der Waals surface area contributed by atoms with Gasteiger partial charge in [0.2, 0.25) is 0 Å². The maximum atomic E-state index is 10.8. The molecular formula is C26H25N2NaO2S2. The molecule has 0 aliphatic heterocycles. The molecule has 1 unspecified atom stereocenters. The van der Waals surface area contributed by atoms with Crippen molar-refractivity contribution >= 4 is 51.3 Å². The van der Waals surface area contributed by atoms with Crippen LogP contribution in [0.2, 0.25) is 0 Å². The van der Waals surface area contributed by atoms with Gasteiger partial charge in [-0.05, 0) is 55.7 Å². The quantitative estimate of drug-likeness (QED) is 0.185. The molecule has 0 saturated heterocycles. The van der Waals surface area contributed by atoms with Crippen molar-refractivity contribution in [2.75, 3.05) is 5.75 Å². The Morgan fingerprint density at radius 2 is 1.42 bits per heavy atom. The van der Waals surface area contributed by atoms with Gasteiger partial charge in [0.25, 0.3) is 0 Å². The van der Waals surface area contributed by atoms with Crippen molar-refractivity contribution in [1.82, 2.24) is 9.97 Å². The molecule has 2 aromatic carbocycles. The Kier molecular flexibility index (Phi) is 10.5.